The molecule has 0 atom stereocenters. The number of rotatable bonds is 3. The third-order valence-electron chi connectivity index (χ3n) is 3.28. The van der Waals surface area contributed by atoms with Gasteiger partial charge in [-0.3, -0.25) is 0 Å². The monoisotopic (exact) mass is 303 g/mol. The Morgan fingerprint density at radius 2 is 2.15 bits per heavy atom. The highest BCUT2D eigenvalue weighted by molar-refractivity contribution is 8.38. The molecular weight excluding hydrogens is 290 g/mol. The van der Waals surface area contributed by atoms with Crippen LogP contribution in [0.15, 0.2) is 33.7 Å². The molecule has 0 radical (unpaired) electrons. The molecule has 1 aliphatic heterocycles. The molecule has 2 aliphatic rings. The lowest BCUT2D eigenvalue weighted by Gasteiger charge is -2.13. The standard InChI is InChI=1S/C14H13N3OS2/c1-2-4-11-10(3-1)7-19-14(15-11)20-8-12-16-17-13(18-12)9-5-6-9/h1-4,9H,5-8H2. The van der Waals surface area contributed by atoms with E-state index in [-0.39, 0.29) is 0 Å². The Morgan fingerprint density at radius 1 is 1.25 bits per heavy atom. The highest BCUT2D eigenvalue weighted by atomic mass is 32.2. The third kappa shape index (κ3) is 2.62. The number of hydrogen-bond acceptors (Lipinski definition) is 6. The summed E-state index contributed by atoms with van der Waals surface area (Å²) in [5.41, 5.74) is 2.38. The minimum atomic E-state index is 0.523. The van der Waals surface area contributed by atoms with E-state index in [2.05, 4.69) is 33.4 Å². The van der Waals surface area contributed by atoms with Crippen LogP contribution < -0.4 is 0 Å². The number of nitrogens with zero attached hydrogens (tertiary/aromatic N) is 3. The number of para-hydroxylation sites is 1. The van der Waals surface area contributed by atoms with Crippen LogP contribution in [0.3, 0.4) is 0 Å². The first-order chi connectivity index (χ1) is 9.88. The summed E-state index contributed by atoms with van der Waals surface area (Å²) in [6, 6.07) is 8.28. The van der Waals surface area contributed by atoms with Gasteiger partial charge in [-0.05, 0) is 24.5 Å². The van der Waals surface area contributed by atoms with E-state index in [0.717, 1.165) is 21.7 Å². The van der Waals surface area contributed by atoms with Gasteiger partial charge in [0.1, 0.15) is 4.38 Å². The van der Waals surface area contributed by atoms with Crippen molar-refractivity contribution in [3.05, 3.63) is 41.6 Å². The van der Waals surface area contributed by atoms with Crippen molar-refractivity contribution in [2.24, 2.45) is 4.99 Å². The fraction of sp³-hybridized carbons (Fsp3) is 0.357. The molecule has 1 aliphatic carbocycles. The number of aliphatic imine (C=N–C) groups is 1. The predicted octanol–water partition coefficient (Wildman–Crippen LogP) is 4.11. The Kier molecular flexibility index (Phi) is 3.28. The van der Waals surface area contributed by atoms with E-state index in [1.54, 1.807) is 23.5 Å². The highest BCUT2D eigenvalue weighted by Crippen LogP contribution is 2.39. The van der Waals surface area contributed by atoms with E-state index in [9.17, 15) is 0 Å². The van der Waals surface area contributed by atoms with Gasteiger partial charge in [-0.2, -0.15) is 0 Å². The first-order valence-corrected chi connectivity index (χ1v) is 8.60. The van der Waals surface area contributed by atoms with Crippen LogP contribution in [-0.2, 0) is 11.5 Å². The van der Waals surface area contributed by atoms with Crippen LogP contribution in [0.4, 0.5) is 5.69 Å². The summed E-state index contributed by atoms with van der Waals surface area (Å²) < 4.78 is 6.74. The van der Waals surface area contributed by atoms with Crippen LogP contribution in [0.1, 0.15) is 36.1 Å². The van der Waals surface area contributed by atoms with Crippen LogP contribution in [0.5, 0.6) is 0 Å². The zero-order valence-corrected chi connectivity index (χ0v) is 12.4. The molecule has 2 heterocycles. The molecule has 0 spiro atoms. The molecule has 4 nitrogen and oxygen atoms in total. The fourth-order valence-corrected chi connectivity index (χ4v) is 3.93. The minimum absolute atomic E-state index is 0.523. The van der Waals surface area contributed by atoms with E-state index in [4.69, 9.17) is 4.42 Å². The summed E-state index contributed by atoms with van der Waals surface area (Å²) >= 11 is 3.45. The fourth-order valence-electron chi connectivity index (χ4n) is 2.03. The van der Waals surface area contributed by atoms with E-state index in [1.165, 1.54) is 18.4 Å². The summed E-state index contributed by atoms with van der Waals surface area (Å²) in [5.74, 6) is 3.73. The van der Waals surface area contributed by atoms with Crippen molar-refractivity contribution in [3.8, 4) is 0 Å². The van der Waals surface area contributed by atoms with Gasteiger partial charge in [0.15, 0.2) is 0 Å². The lowest BCUT2D eigenvalue weighted by Crippen LogP contribution is -1.96. The van der Waals surface area contributed by atoms with Gasteiger partial charge in [0.2, 0.25) is 11.8 Å². The normalized spacial score (nSPS) is 17.7. The topological polar surface area (TPSA) is 51.3 Å². The molecule has 6 heteroatoms. The molecule has 0 unspecified atom stereocenters. The number of hydrogen-bond donors (Lipinski definition) is 0. The van der Waals surface area contributed by atoms with Crippen molar-refractivity contribution < 1.29 is 4.42 Å². The van der Waals surface area contributed by atoms with Crippen LogP contribution in [-0.4, -0.2) is 14.6 Å². The van der Waals surface area contributed by atoms with Crippen molar-refractivity contribution in [1.29, 1.82) is 0 Å². The summed E-state index contributed by atoms with van der Waals surface area (Å²) in [6.07, 6.45) is 2.38. The first kappa shape index (κ1) is 12.5. The molecule has 0 saturated heterocycles. The average molecular weight is 303 g/mol. The molecule has 20 heavy (non-hydrogen) atoms. The van der Waals surface area contributed by atoms with E-state index < -0.39 is 0 Å². The second-order valence-electron chi connectivity index (χ2n) is 4.89. The maximum Gasteiger partial charge on any atom is 0.226 e. The van der Waals surface area contributed by atoms with E-state index in [0.29, 0.717) is 17.6 Å². The van der Waals surface area contributed by atoms with Gasteiger partial charge >= 0.3 is 0 Å². The second kappa shape index (κ2) is 5.26. The quantitative estimate of drug-likeness (QED) is 0.854. The van der Waals surface area contributed by atoms with Crippen LogP contribution in [0.2, 0.25) is 0 Å². The van der Waals surface area contributed by atoms with Crippen molar-refractivity contribution >= 4 is 33.6 Å². The Bertz CT molecular complexity index is 664. The molecule has 1 aromatic carbocycles. The Hall–Kier alpha value is -1.27. The van der Waals surface area contributed by atoms with Crippen LogP contribution in [0, 0.1) is 0 Å². The molecule has 0 amide bonds. The number of thioether (sulfide) groups is 2. The molecule has 1 fully saturated rings. The SMILES string of the molecule is c1ccc2c(c1)CSC(SCc1nnc(C3CC3)o1)=N2. The van der Waals surface area contributed by atoms with Gasteiger partial charge in [-0.25, -0.2) is 4.99 Å². The van der Waals surface area contributed by atoms with Crippen molar-refractivity contribution in [2.75, 3.05) is 0 Å². The van der Waals surface area contributed by atoms with Gasteiger partial charge in [-0.1, -0.05) is 41.7 Å². The maximum atomic E-state index is 5.66. The Balaban J connectivity index is 1.43. The van der Waals surface area contributed by atoms with Crippen LogP contribution >= 0.6 is 23.5 Å². The Labute approximate surface area is 125 Å². The maximum absolute atomic E-state index is 5.66. The van der Waals surface area contributed by atoms with E-state index in [1.807, 2.05) is 6.07 Å². The highest BCUT2D eigenvalue weighted by Gasteiger charge is 2.29. The minimum Gasteiger partial charge on any atom is -0.424 e. The Morgan fingerprint density at radius 3 is 3.05 bits per heavy atom. The smallest absolute Gasteiger partial charge is 0.226 e. The third-order valence-corrected chi connectivity index (χ3v) is 5.51. The molecule has 2 aromatic rings. The van der Waals surface area contributed by atoms with Gasteiger partial charge in [0.05, 0.1) is 11.4 Å². The van der Waals surface area contributed by atoms with Gasteiger partial charge in [0, 0.05) is 11.7 Å². The molecule has 0 bridgehead atoms. The van der Waals surface area contributed by atoms with Crippen molar-refractivity contribution in [1.82, 2.24) is 10.2 Å². The zero-order valence-electron chi connectivity index (χ0n) is 10.8. The molecule has 4 rings (SSSR count). The van der Waals surface area contributed by atoms with Crippen molar-refractivity contribution in [3.63, 3.8) is 0 Å². The van der Waals surface area contributed by atoms with E-state index >= 15 is 0 Å². The lowest BCUT2D eigenvalue weighted by molar-refractivity contribution is 0.466. The number of aromatic nitrogens is 2. The summed E-state index contributed by atoms with van der Waals surface area (Å²) in [4.78, 5) is 4.67. The summed E-state index contributed by atoms with van der Waals surface area (Å²) in [6.45, 7) is 0. The summed E-state index contributed by atoms with van der Waals surface area (Å²) in [7, 11) is 0. The molecule has 0 N–H and O–H groups in total. The second-order valence-corrected chi connectivity index (χ2v) is 7.08. The molecule has 1 aromatic heterocycles. The van der Waals surface area contributed by atoms with Crippen molar-refractivity contribution in [2.45, 2.75) is 30.3 Å². The number of benzene rings is 1. The first-order valence-electron chi connectivity index (χ1n) is 6.63. The molecule has 102 valence electrons. The molecular formula is C14H13N3OS2. The largest absolute Gasteiger partial charge is 0.424 e. The number of fused-ring (bicyclic) bond motifs is 1. The van der Waals surface area contributed by atoms with Crippen LogP contribution in [0.25, 0.3) is 0 Å². The van der Waals surface area contributed by atoms with Gasteiger partial charge in [-0.15, -0.1) is 10.2 Å². The zero-order chi connectivity index (χ0) is 13.4. The predicted molar refractivity (Wildman–Crippen MR) is 82.4 cm³/mol. The molecule has 1 saturated carbocycles. The lowest BCUT2D eigenvalue weighted by atomic mass is 10.2. The van der Waals surface area contributed by atoms with Gasteiger partial charge in [0.25, 0.3) is 0 Å². The summed E-state index contributed by atoms with van der Waals surface area (Å²) in [5, 5.41) is 8.21. The average Bonchev–Trinajstić information content (AvgIpc) is 3.24. The van der Waals surface area contributed by atoms with Gasteiger partial charge < -0.3 is 4.42 Å².